The van der Waals surface area contributed by atoms with Gasteiger partial charge < -0.3 is 10.1 Å². The highest BCUT2D eigenvalue weighted by Crippen LogP contribution is 2.03. The molecular formula is C12H25NO. The van der Waals surface area contributed by atoms with Crippen LogP contribution in [0.1, 0.15) is 33.1 Å². The van der Waals surface area contributed by atoms with Crippen molar-refractivity contribution in [3.05, 3.63) is 12.2 Å². The van der Waals surface area contributed by atoms with Gasteiger partial charge in [-0.3, -0.25) is 0 Å². The van der Waals surface area contributed by atoms with Gasteiger partial charge in [0.2, 0.25) is 0 Å². The molecule has 84 valence electrons. The van der Waals surface area contributed by atoms with E-state index in [0.717, 1.165) is 32.5 Å². The Morgan fingerprint density at radius 3 is 2.79 bits per heavy atom. The third-order valence-electron chi connectivity index (χ3n) is 2.16. The molecule has 0 aliphatic rings. The second kappa shape index (κ2) is 10.7. The Morgan fingerprint density at radius 2 is 2.14 bits per heavy atom. The number of hydrogen-bond donors (Lipinski definition) is 1. The summed E-state index contributed by atoms with van der Waals surface area (Å²) in [7, 11) is 1.76. The van der Waals surface area contributed by atoms with Crippen molar-refractivity contribution in [1.82, 2.24) is 5.32 Å². The van der Waals surface area contributed by atoms with Crippen LogP contribution in [0.15, 0.2) is 12.2 Å². The highest BCUT2D eigenvalue weighted by Gasteiger charge is 1.94. The molecule has 1 unspecified atom stereocenters. The minimum Gasteiger partial charge on any atom is -0.385 e. The number of allylic oxidation sites excluding steroid dienone is 1. The molecule has 0 aromatic heterocycles. The first kappa shape index (κ1) is 13.7. The maximum absolute atomic E-state index is 5.03. The number of methoxy groups -OCH3 is 1. The van der Waals surface area contributed by atoms with E-state index in [4.69, 9.17) is 4.74 Å². The summed E-state index contributed by atoms with van der Waals surface area (Å²) in [4.78, 5) is 0. The van der Waals surface area contributed by atoms with Gasteiger partial charge in [-0.25, -0.2) is 0 Å². The van der Waals surface area contributed by atoms with Gasteiger partial charge >= 0.3 is 0 Å². The first-order chi connectivity index (χ1) is 6.81. The van der Waals surface area contributed by atoms with Gasteiger partial charge in [-0.2, -0.15) is 0 Å². The SMILES string of the molecule is CCCNCC/C=C/C(C)CCOC. The molecule has 0 bridgehead atoms. The van der Waals surface area contributed by atoms with Crippen molar-refractivity contribution in [2.45, 2.75) is 33.1 Å². The molecule has 0 saturated heterocycles. The summed E-state index contributed by atoms with van der Waals surface area (Å²) < 4.78 is 5.03. The summed E-state index contributed by atoms with van der Waals surface area (Å²) >= 11 is 0. The summed E-state index contributed by atoms with van der Waals surface area (Å²) in [6.07, 6.45) is 8.02. The van der Waals surface area contributed by atoms with Crippen LogP contribution in [0.2, 0.25) is 0 Å². The van der Waals surface area contributed by atoms with E-state index in [1.54, 1.807) is 7.11 Å². The first-order valence-corrected chi connectivity index (χ1v) is 5.67. The number of ether oxygens (including phenoxy) is 1. The van der Waals surface area contributed by atoms with Gasteiger partial charge in [-0.1, -0.05) is 26.0 Å². The maximum Gasteiger partial charge on any atom is 0.0467 e. The molecule has 0 amide bonds. The van der Waals surface area contributed by atoms with Crippen molar-refractivity contribution in [3.8, 4) is 0 Å². The second-order valence-electron chi connectivity index (χ2n) is 3.73. The molecule has 1 atom stereocenters. The van der Waals surface area contributed by atoms with Crippen LogP contribution in [0.4, 0.5) is 0 Å². The van der Waals surface area contributed by atoms with Crippen LogP contribution in [-0.2, 0) is 4.74 Å². The smallest absolute Gasteiger partial charge is 0.0467 e. The normalized spacial score (nSPS) is 13.6. The first-order valence-electron chi connectivity index (χ1n) is 5.67. The van der Waals surface area contributed by atoms with Gasteiger partial charge in [0.05, 0.1) is 0 Å². The molecule has 2 nitrogen and oxygen atoms in total. The molecule has 0 aromatic carbocycles. The van der Waals surface area contributed by atoms with Gasteiger partial charge in [0.15, 0.2) is 0 Å². The van der Waals surface area contributed by atoms with E-state index >= 15 is 0 Å². The molecule has 0 heterocycles. The highest BCUT2D eigenvalue weighted by molar-refractivity contribution is 4.86. The van der Waals surface area contributed by atoms with Crippen LogP contribution in [0.5, 0.6) is 0 Å². The van der Waals surface area contributed by atoms with Crippen molar-refractivity contribution in [2.75, 3.05) is 26.8 Å². The summed E-state index contributed by atoms with van der Waals surface area (Å²) in [6.45, 7) is 7.51. The van der Waals surface area contributed by atoms with E-state index < -0.39 is 0 Å². The molecule has 0 fully saturated rings. The Kier molecular flexibility index (Phi) is 10.5. The minimum atomic E-state index is 0.640. The van der Waals surface area contributed by atoms with E-state index in [-0.39, 0.29) is 0 Å². The molecule has 0 rings (SSSR count). The van der Waals surface area contributed by atoms with Crippen LogP contribution in [0, 0.1) is 5.92 Å². The Bertz CT molecular complexity index is 134. The molecule has 0 saturated carbocycles. The molecule has 14 heavy (non-hydrogen) atoms. The average Bonchev–Trinajstić information content (AvgIpc) is 2.20. The van der Waals surface area contributed by atoms with E-state index in [0.29, 0.717) is 5.92 Å². The molecule has 0 aliphatic carbocycles. The van der Waals surface area contributed by atoms with Crippen molar-refractivity contribution < 1.29 is 4.74 Å². The zero-order chi connectivity index (χ0) is 10.6. The largest absolute Gasteiger partial charge is 0.385 e. The molecule has 0 radical (unpaired) electrons. The third-order valence-corrected chi connectivity index (χ3v) is 2.16. The van der Waals surface area contributed by atoms with Gasteiger partial charge in [0, 0.05) is 13.7 Å². The van der Waals surface area contributed by atoms with Crippen LogP contribution >= 0.6 is 0 Å². The zero-order valence-corrected chi connectivity index (χ0v) is 9.88. The van der Waals surface area contributed by atoms with E-state index in [1.807, 2.05) is 0 Å². The second-order valence-corrected chi connectivity index (χ2v) is 3.73. The lowest BCUT2D eigenvalue weighted by atomic mass is 10.1. The van der Waals surface area contributed by atoms with E-state index in [2.05, 4.69) is 31.3 Å². The summed E-state index contributed by atoms with van der Waals surface area (Å²) in [6, 6.07) is 0. The fraction of sp³-hybridized carbons (Fsp3) is 0.833. The molecule has 0 aliphatic heterocycles. The lowest BCUT2D eigenvalue weighted by Crippen LogP contribution is -2.15. The van der Waals surface area contributed by atoms with Gasteiger partial charge in [-0.15, -0.1) is 0 Å². The lowest BCUT2D eigenvalue weighted by molar-refractivity contribution is 0.186. The predicted molar refractivity (Wildman–Crippen MR) is 62.6 cm³/mol. The minimum absolute atomic E-state index is 0.640. The molecule has 0 spiro atoms. The molecule has 1 N–H and O–H groups in total. The highest BCUT2D eigenvalue weighted by atomic mass is 16.5. The van der Waals surface area contributed by atoms with Gasteiger partial charge in [0.1, 0.15) is 0 Å². The van der Waals surface area contributed by atoms with Crippen LogP contribution < -0.4 is 5.32 Å². The van der Waals surface area contributed by atoms with Crippen molar-refractivity contribution in [1.29, 1.82) is 0 Å². The molecule has 0 aromatic rings. The van der Waals surface area contributed by atoms with Gasteiger partial charge in [-0.05, 0) is 38.3 Å². The summed E-state index contributed by atoms with van der Waals surface area (Å²) in [5, 5.41) is 3.38. The fourth-order valence-corrected chi connectivity index (χ4v) is 1.22. The van der Waals surface area contributed by atoms with Crippen molar-refractivity contribution in [3.63, 3.8) is 0 Å². The van der Waals surface area contributed by atoms with Gasteiger partial charge in [0.25, 0.3) is 0 Å². The molecule has 2 heteroatoms. The monoisotopic (exact) mass is 199 g/mol. The van der Waals surface area contributed by atoms with Crippen LogP contribution in [0.25, 0.3) is 0 Å². The number of nitrogens with one attached hydrogen (secondary N) is 1. The molecular weight excluding hydrogens is 174 g/mol. The maximum atomic E-state index is 5.03. The van der Waals surface area contributed by atoms with Crippen LogP contribution in [0.3, 0.4) is 0 Å². The van der Waals surface area contributed by atoms with E-state index in [1.165, 1.54) is 6.42 Å². The Balaban J connectivity index is 3.23. The van der Waals surface area contributed by atoms with Crippen molar-refractivity contribution >= 4 is 0 Å². The quantitative estimate of drug-likeness (QED) is 0.455. The number of hydrogen-bond acceptors (Lipinski definition) is 2. The summed E-state index contributed by atoms with van der Waals surface area (Å²) in [5.41, 5.74) is 0. The Morgan fingerprint density at radius 1 is 1.36 bits per heavy atom. The predicted octanol–water partition coefficient (Wildman–Crippen LogP) is 2.60. The standard InChI is InChI=1S/C12H25NO/c1-4-9-13-10-6-5-7-12(2)8-11-14-3/h5,7,12-13H,4,6,8-11H2,1-3H3/b7-5+. The Hall–Kier alpha value is -0.340. The number of rotatable bonds is 9. The topological polar surface area (TPSA) is 21.3 Å². The third kappa shape index (κ3) is 9.75. The van der Waals surface area contributed by atoms with Crippen LogP contribution in [-0.4, -0.2) is 26.8 Å². The van der Waals surface area contributed by atoms with E-state index in [9.17, 15) is 0 Å². The fourth-order valence-electron chi connectivity index (χ4n) is 1.22. The summed E-state index contributed by atoms with van der Waals surface area (Å²) in [5.74, 6) is 0.640. The van der Waals surface area contributed by atoms with Crippen molar-refractivity contribution in [2.24, 2.45) is 5.92 Å². The Labute approximate surface area is 88.7 Å². The average molecular weight is 199 g/mol. The lowest BCUT2D eigenvalue weighted by Gasteiger charge is -2.04. The zero-order valence-electron chi connectivity index (χ0n) is 9.88.